The number of piperidine rings is 1. The third kappa shape index (κ3) is 4.33. The Morgan fingerprint density at radius 3 is 2.67 bits per heavy atom. The van der Waals surface area contributed by atoms with E-state index in [0.29, 0.717) is 18.5 Å². The standard InChI is InChI=1S/C16H21NO6S/c1-11-6-14(15(18)19)9-17(8-11)24(21,22)10-12-4-3-5-13(7-12)16(20)23-2/h3-5,7,11,14H,6,8-10H2,1-2H3,(H,18,19). The molecule has 1 fully saturated rings. The first-order chi connectivity index (χ1) is 11.2. The van der Waals surface area contributed by atoms with E-state index in [2.05, 4.69) is 4.74 Å². The summed E-state index contributed by atoms with van der Waals surface area (Å²) in [7, 11) is -2.41. The quantitative estimate of drug-likeness (QED) is 0.800. The predicted molar refractivity (Wildman–Crippen MR) is 86.9 cm³/mol. The van der Waals surface area contributed by atoms with Gasteiger partial charge in [0, 0.05) is 13.1 Å². The van der Waals surface area contributed by atoms with E-state index < -0.39 is 27.9 Å². The molecule has 0 aromatic heterocycles. The van der Waals surface area contributed by atoms with Crippen molar-refractivity contribution in [3.8, 4) is 0 Å². The molecule has 0 aliphatic carbocycles. The van der Waals surface area contributed by atoms with Gasteiger partial charge in [-0.15, -0.1) is 0 Å². The molecular weight excluding hydrogens is 334 g/mol. The molecule has 0 saturated carbocycles. The molecule has 0 spiro atoms. The van der Waals surface area contributed by atoms with E-state index in [1.165, 1.54) is 17.5 Å². The fourth-order valence-corrected chi connectivity index (χ4v) is 4.59. The number of ether oxygens (including phenoxy) is 1. The van der Waals surface area contributed by atoms with E-state index in [-0.39, 0.29) is 23.8 Å². The number of carboxylic acids is 1. The summed E-state index contributed by atoms with van der Waals surface area (Å²) in [6.45, 7) is 2.14. The number of carboxylic acid groups (broad SMARTS) is 1. The molecule has 7 nitrogen and oxygen atoms in total. The number of hydrogen-bond donors (Lipinski definition) is 1. The van der Waals surface area contributed by atoms with Gasteiger partial charge < -0.3 is 9.84 Å². The Morgan fingerprint density at radius 2 is 2.04 bits per heavy atom. The molecule has 1 aromatic carbocycles. The number of sulfonamides is 1. The zero-order valence-corrected chi connectivity index (χ0v) is 14.5. The van der Waals surface area contributed by atoms with E-state index in [1.54, 1.807) is 18.2 Å². The number of hydrogen-bond acceptors (Lipinski definition) is 5. The maximum Gasteiger partial charge on any atom is 0.337 e. The van der Waals surface area contributed by atoms with Crippen molar-refractivity contribution >= 4 is 22.0 Å². The minimum atomic E-state index is -3.67. The molecule has 2 atom stereocenters. The summed E-state index contributed by atoms with van der Waals surface area (Å²) >= 11 is 0. The summed E-state index contributed by atoms with van der Waals surface area (Å²) in [6, 6.07) is 6.23. The molecule has 1 heterocycles. The molecule has 24 heavy (non-hydrogen) atoms. The Labute approximate surface area is 141 Å². The highest BCUT2D eigenvalue weighted by Gasteiger charge is 2.35. The monoisotopic (exact) mass is 355 g/mol. The first-order valence-corrected chi connectivity index (χ1v) is 9.21. The smallest absolute Gasteiger partial charge is 0.337 e. The van der Waals surface area contributed by atoms with Crippen LogP contribution >= 0.6 is 0 Å². The van der Waals surface area contributed by atoms with Crippen molar-refractivity contribution < 1.29 is 27.9 Å². The molecule has 0 radical (unpaired) electrons. The van der Waals surface area contributed by atoms with Crippen LogP contribution in [-0.2, 0) is 25.3 Å². The topological polar surface area (TPSA) is 101 Å². The number of methoxy groups -OCH3 is 1. The third-order valence-corrected chi connectivity index (χ3v) is 5.85. The van der Waals surface area contributed by atoms with Crippen molar-refractivity contribution in [2.45, 2.75) is 19.1 Å². The van der Waals surface area contributed by atoms with Gasteiger partial charge in [-0.2, -0.15) is 0 Å². The second-order valence-electron chi connectivity index (χ2n) is 6.14. The van der Waals surface area contributed by atoms with Crippen LogP contribution in [0, 0.1) is 11.8 Å². The van der Waals surface area contributed by atoms with Crippen molar-refractivity contribution in [2.75, 3.05) is 20.2 Å². The lowest BCUT2D eigenvalue weighted by Crippen LogP contribution is -2.45. The van der Waals surface area contributed by atoms with Gasteiger partial charge in [0.25, 0.3) is 0 Å². The van der Waals surface area contributed by atoms with Gasteiger partial charge in [-0.1, -0.05) is 19.1 Å². The van der Waals surface area contributed by atoms with Gasteiger partial charge in [0.15, 0.2) is 0 Å². The van der Waals surface area contributed by atoms with Gasteiger partial charge in [0.2, 0.25) is 10.0 Å². The molecule has 0 amide bonds. The SMILES string of the molecule is COC(=O)c1cccc(CS(=O)(=O)N2CC(C)CC(C(=O)O)C2)c1. The van der Waals surface area contributed by atoms with Crippen LogP contribution in [0.1, 0.15) is 29.3 Å². The molecule has 1 aliphatic rings. The first-order valence-electron chi connectivity index (χ1n) is 7.61. The first kappa shape index (κ1) is 18.4. The number of benzene rings is 1. The lowest BCUT2D eigenvalue weighted by molar-refractivity contribution is -0.143. The van der Waals surface area contributed by atoms with Crippen LogP contribution in [0.5, 0.6) is 0 Å². The number of carbonyl (C=O) groups is 2. The fourth-order valence-electron chi connectivity index (χ4n) is 2.92. The summed E-state index contributed by atoms with van der Waals surface area (Å²) in [5.41, 5.74) is 0.739. The van der Waals surface area contributed by atoms with Gasteiger partial charge in [-0.3, -0.25) is 4.79 Å². The van der Waals surface area contributed by atoms with Crippen molar-refractivity contribution in [2.24, 2.45) is 11.8 Å². The van der Waals surface area contributed by atoms with Crippen LogP contribution in [0.25, 0.3) is 0 Å². The lowest BCUT2D eigenvalue weighted by Gasteiger charge is -2.33. The maximum atomic E-state index is 12.6. The average molecular weight is 355 g/mol. The zero-order valence-electron chi connectivity index (χ0n) is 13.6. The fraction of sp³-hybridized carbons (Fsp3) is 0.500. The van der Waals surface area contributed by atoms with E-state index >= 15 is 0 Å². The molecule has 8 heteroatoms. The highest BCUT2D eigenvalue weighted by Crippen LogP contribution is 2.25. The summed E-state index contributed by atoms with van der Waals surface area (Å²) < 4.78 is 31.1. The normalized spacial score (nSPS) is 22.1. The van der Waals surface area contributed by atoms with Crippen molar-refractivity contribution in [1.82, 2.24) is 4.31 Å². The van der Waals surface area contributed by atoms with E-state index in [0.717, 1.165) is 0 Å². The Balaban J connectivity index is 2.19. The molecule has 132 valence electrons. The van der Waals surface area contributed by atoms with Gasteiger partial charge in [-0.25, -0.2) is 17.5 Å². The molecular formula is C16H21NO6S. The molecule has 2 unspecified atom stereocenters. The van der Waals surface area contributed by atoms with E-state index in [4.69, 9.17) is 0 Å². The highest BCUT2D eigenvalue weighted by atomic mass is 32.2. The second kappa shape index (κ2) is 7.31. The molecule has 1 N–H and O–H groups in total. The minimum absolute atomic E-state index is 0.0152. The largest absolute Gasteiger partial charge is 0.481 e. The Kier molecular flexibility index (Phi) is 5.61. The number of aliphatic carboxylic acids is 1. The summed E-state index contributed by atoms with van der Waals surface area (Å²) in [5.74, 6) is -2.50. The van der Waals surface area contributed by atoms with Gasteiger partial charge in [-0.05, 0) is 30.0 Å². The van der Waals surface area contributed by atoms with Crippen molar-refractivity contribution in [3.05, 3.63) is 35.4 Å². The molecule has 2 rings (SSSR count). The van der Waals surface area contributed by atoms with Crippen LogP contribution in [-0.4, -0.2) is 50.0 Å². The average Bonchev–Trinajstić information content (AvgIpc) is 2.53. The number of esters is 1. The third-order valence-electron chi connectivity index (χ3n) is 4.07. The van der Waals surface area contributed by atoms with Crippen LogP contribution in [0.3, 0.4) is 0 Å². The molecule has 1 aromatic rings. The Morgan fingerprint density at radius 1 is 1.33 bits per heavy atom. The lowest BCUT2D eigenvalue weighted by atomic mass is 9.92. The van der Waals surface area contributed by atoms with Crippen LogP contribution in [0.15, 0.2) is 24.3 Å². The molecule has 1 saturated heterocycles. The number of nitrogens with zero attached hydrogens (tertiary/aromatic N) is 1. The summed E-state index contributed by atoms with van der Waals surface area (Å²) in [5, 5.41) is 9.18. The van der Waals surface area contributed by atoms with Crippen LogP contribution < -0.4 is 0 Å². The molecule has 0 bridgehead atoms. The van der Waals surface area contributed by atoms with E-state index in [9.17, 15) is 23.1 Å². The molecule has 1 aliphatic heterocycles. The van der Waals surface area contributed by atoms with Crippen LogP contribution in [0.4, 0.5) is 0 Å². The Bertz CT molecular complexity index is 730. The van der Waals surface area contributed by atoms with E-state index in [1.807, 2.05) is 6.92 Å². The predicted octanol–water partition coefficient (Wildman–Crippen LogP) is 1.35. The van der Waals surface area contributed by atoms with Crippen molar-refractivity contribution in [1.29, 1.82) is 0 Å². The van der Waals surface area contributed by atoms with Crippen LogP contribution in [0.2, 0.25) is 0 Å². The minimum Gasteiger partial charge on any atom is -0.481 e. The van der Waals surface area contributed by atoms with Gasteiger partial charge in [0.05, 0.1) is 24.3 Å². The highest BCUT2D eigenvalue weighted by molar-refractivity contribution is 7.88. The maximum absolute atomic E-state index is 12.6. The Hall–Kier alpha value is -1.93. The van der Waals surface area contributed by atoms with Gasteiger partial charge >= 0.3 is 11.9 Å². The number of rotatable bonds is 5. The number of carbonyl (C=O) groups excluding carboxylic acids is 1. The second-order valence-corrected chi connectivity index (χ2v) is 8.11. The van der Waals surface area contributed by atoms with Gasteiger partial charge in [0.1, 0.15) is 0 Å². The van der Waals surface area contributed by atoms with Crippen molar-refractivity contribution in [3.63, 3.8) is 0 Å². The zero-order chi connectivity index (χ0) is 17.9. The summed E-state index contributed by atoms with van der Waals surface area (Å²) in [4.78, 5) is 22.8. The summed E-state index contributed by atoms with van der Waals surface area (Å²) in [6.07, 6.45) is 0.471.